The van der Waals surface area contributed by atoms with Crippen LogP contribution >= 0.6 is 0 Å². The van der Waals surface area contributed by atoms with Gasteiger partial charge in [-0.05, 0) is 17.7 Å². The molecule has 2 N–H and O–H groups in total. The van der Waals surface area contributed by atoms with Crippen LogP contribution < -0.4 is 10.6 Å². The van der Waals surface area contributed by atoms with Gasteiger partial charge in [0.15, 0.2) is 0 Å². The maximum absolute atomic E-state index is 12.7. The van der Waals surface area contributed by atoms with Crippen molar-refractivity contribution in [1.29, 1.82) is 0 Å². The zero-order chi connectivity index (χ0) is 14.1. The number of rotatable bonds is 7. The van der Waals surface area contributed by atoms with Gasteiger partial charge in [0.25, 0.3) is 0 Å². The summed E-state index contributed by atoms with van der Waals surface area (Å²) in [5.41, 5.74) is 0.693. The van der Waals surface area contributed by atoms with Crippen LogP contribution in [0.4, 0.5) is 4.39 Å². The zero-order valence-corrected chi connectivity index (χ0v) is 10.7. The Morgan fingerprint density at radius 3 is 2.47 bits per heavy atom. The molecule has 0 bridgehead atoms. The van der Waals surface area contributed by atoms with Gasteiger partial charge in [0.2, 0.25) is 11.8 Å². The maximum atomic E-state index is 12.7. The molecule has 0 spiro atoms. The molecule has 0 aromatic heterocycles. The van der Waals surface area contributed by atoms with Crippen LogP contribution in [0.25, 0.3) is 0 Å². The van der Waals surface area contributed by atoms with Crippen molar-refractivity contribution in [3.05, 3.63) is 35.6 Å². The molecule has 0 fully saturated rings. The van der Waals surface area contributed by atoms with Gasteiger partial charge < -0.3 is 15.4 Å². The first-order valence-corrected chi connectivity index (χ1v) is 5.88. The van der Waals surface area contributed by atoms with Crippen molar-refractivity contribution >= 4 is 11.8 Å². The highest BCUT2D eigenvalue weighted by Gasteiger charge is 2.06. The molecule has 0 radical (unpaired) electrons. The Hall–Kier alpha value is -1.95. The van der Waals surface area contributed by atoms with E-state index in [4.69, 9.17) is 4.74 Å². The lowest BCUT2D eigenvalue weighted by Gasteiger charge is -2.06. The predicted octanol–water partition coefficient (Wildman–Crippen LogP) is 0.247. The fraction of sp³-hybridized carbons (Fsp3) is 0.385. The van der Waals surface area contributed by atoms with E-state index in [1.165, 1.54) is 31.4 Å². The summed E-state index contributed by atoms with van der Waals surface area (Å²) < 4.78 is 17.4. The van der Waals surface area contributed by atoms with E-state index in [0.29, 0.717) is 18.7 Å². The highest BCUT2D eigenvalue weighted by atomic mass is 19.1. The van der Waals surface area contributed by atoms with Gasteiger partial charge in [0, 0.05) is 13.7 Å². The van der Waals surface area contributed by atoms with Crippen LogP contribution in [-0.4, -0.2) is 38.6 Å². The smallest absolute Gasteiger partial charge is 0.239 e. The van der Waals surface area contributed by atoms with E-state index in [0.717, 1.165) is 0 Å². The zero-order valence-electron chi connectivity index (χ0n) is 10.7. The molecule has 1 aromatic rings. The standard InChI is InChI=1S/C13H17FN2O3/c1-19-7-6-15-13(18)9-16-12(17)8-10-2-4-11(14)5-3-10/h2-5H,6-9H2,1H3,(H,15,18)(H,16,17). The molecule has 0 unspecified atom stereocenters. The molecule has 0 saturated carbocycles. The lowest BCUT2D eigenvalue weighted by Crippen LogP contribution is -2.38. The molecular weight excluding hydrogens is 251 g/mol. The molecule has 104 valence electrons. The van der Waals surface area contributed by atoms with Crippen molar-refractivity contribution < 1.29 is 18.7 Å². The van der Waals surface area contributed by atoms with Gasteiger partial charge in [-0.2, -0.15) is 0 Å². The summed E-state index contributed by atoms with van der Waals surface area (Å²) in [5, 5.41) is 5.07. The monoisotopic (exact) mass is 268 g/mol. The SMILES string of the molecule is COCCNC(=O)CNC(=O)Cc1ccc(F)cc1. The summed E-state index contributed by atoms with van der Waals surface area (Å²) in [6.07, 6.45) is 0.117. The van der Waals surface area contributed by atoms with E-state index in [1.54, 1.807) is 0 Å². The van der Waals surface area contributed by atoms with Gasteiger partial charge in [0.1, 0.15) is 5.82 Å². The molecule has 5 nitrogen and oxygen atoms in total. The quantitative estimate of drug-likeness (QED) is 0.696. The van der Waals surface area contributed by atoms with Crippen molar-refractivity contribution in [2.75, 3.05) is 26.8 Å². The predicted molar refractivity (Wildman–Crippen MR) is 68.0 cm³/mol. The molecule has 0 saturated heterocycles. The molecule has 6 heteroatoms. The second-order valence-electron chi connectivity index (χ2n) is 3.92. The number of ether oxygens (including phenoxy) is 1. The number of methoxy groups -OCH3 is 1. The third-order valence-electron chi connectivity index (χ3n) is 2.35. The normalized spacial score (nSPS) is 10.0. The van der Waals surface area contributed by atoms with E-state index in [-0.39, 0.29) is 30.6 Å². The minimum absolute atomic E-state index is 0.0796. The number of hydrogen-bond acceptors (Lipinski definition) is 3. The highest BCUT2D eigenvalue weighted by molar-refractivity contribution is 5.85. The molecule has 19 heavy (non-hydrogen) atoms. The summed E-state index contributed by atoms with van der Waals surface area (Å²) in [7, 11) is 1.54. The first kappa shape index (κ1) is 15.1. The summed E-state index contributed by atoms with van der Waals surface area (Å²) >= 11 is 0. The van der Waals surface area contributed by atoms with E-state index >= 15 is 0 Å². The van der Waals surface area contributed by atoms with Gasteiger partial charge in [-0.15, -0.1) is 0 Å². The van der Waals surface area contributed by atoms with Gasteiger partial charge >= 0.3 is 0 Å². The number of nitrogens with one attached hydrogen (secondary N) is 2. The number of carbonyl (C=O) groups is 2. The van der Waals surface area contributed by atoms with Crippen LogP contribution in [0.15, 0.2) is 24.3 Å². The maximum Gasteiger partial charge on any atom is 0.239 e. The number of halogens is 1. The van der Waals surface area contributed by atoms with Crippen molar-refractivity contribution in [2.24, 2.45) is 0 Å². The Kier molecular flexibility index (Phi) is 6.52. The minimum atomic E-state index is -0.346. The van der Waals surface area contributed by atoms with E-state index in [1.807, 2.05) is 0 Å². The second-order valence-corrected chi connectivity index (χ2v) is 3.92. The minimum Gasteiger partial charge on any atom is -0.383 e. The lowest BCUT2D eigenvalue weighted by atomic mass is 10.1. The fourth-order valence-corrected chi connectivity index (χ4v) is 1.38. The highest BCUT2D eigenvalue weighted by Crippen LogP contribution is 2.03. The Bertz CT molecular complexity index is 420. The molecule has 1 rings (SSSR count). The second kappa shape index (κ2) is 8.20. The number of carbonyl (C=O) groups excluding carboxylic acids is 2. The van der Waals surface area contributed by atoms with E-state index < -0.39 is 0 Å². The Balaban J connectivity index is 2.24. The fourth-order valence-electron chi connectivity index (χ4n) is 1.38. The molecule has 0 atom stereocenters. The average molecular weight is 268 g/mol. The third-order valence-corrected chi connectivity index (χ3v) is 2.35. The first-order valence-electron chi connectivity index (χ1n) is 5.88. The van der Waals surface area contributed by atoms with Crippen LogP contribution in [-0.2, 0) is 20.7 Å². The van der Waals surface area contributed by atoms with Crippen LogP contribution in [0.3, 0.4) is 0 Å². The van der Waals surface area contributed by atoms with Crippen LogP contribution in [0.1, 0.15) is 5.56 Å². The number of hydrogen-bond donors (Lipinski definition) is 2. The van der Waals surface area contributed by atoms with Gasteiger partial charge in [-0.3, -0.25) is 9.59 Å². The number of benzene rings is 1. The van der Waals surface area contributed by atoms with E-state index in [2.05, 4.69) is 10.6 Å². The van der Waals surface area contributed by atoms with Gasteiger partial charge in [-0.25, -0.2) is 4.39 Å². The molecule has 0 aliphatic carbocycles. The first-order chi connectivity index (χ1) is 9.11. The summed E-state index contributed by atoms with van der Waals surface area (Å²) in [6.45, 7) is 0.752. The van der Waals surface area contributed by atoms with Gasteiger partial charge in [-0.1, -0.05) is 12.1 Å². The Labute approximate surface area is 111 Å². The largest absolute Gasteiger partial charge is 0.383 e. The number of amides is 2. The summed E-state index contributed by atoms with van der Waals surface area (Å²) in [5.74, 6) is -0.903. The summed E-state index contributed by atoms with van der Waals surface area (Å²) in [6, 6.07) is 5.65. The van der Waals surface area contributed by atoms with Crippen LogP contribution in [0.2, 0.25) is 0 Å². The summed E-state index contributed by atoms with van der Waals surface area (Å²) in [4.78, 5) is 22.8. The molecule has 0 heterocycles. The van der Waals surface area contributed by atoms with Crippen molar-refractivity contribution in [3.8, 4) is 0 Å². The lowest BCUT2D eigenvalue weighted by molar-refractivity contribution is -0.125. The average Bonchev–Trinajstić information content (AvgIpc) is 2.39. The Morgan fingerprint density at radius 2 is 1.84 bits per heavy atom. The molecule has 0 aliphatic rings. The van der Waals surface area contributed by atoms with E-state index in [9.17, 15) is 14.0 Å². The van der Waals surface area contributed by atoms with Gasteiger partial charge in [0.05, 0.1) is 19.6 Å². The topological polar surface area (TPSA) is 67.4 Å². The van der Waals surface area contributed by atoms with Crippen molar-refractivity contribution in [3.63, 3.8) is 0 Å². The van der Waals surface area contributed by atoms with Crippen molar-refractivity contribution in [1.82, 2.24) is 10.6 Å². The molecular formula is C13H17FN2O3. The molecule has 1 aromatic carbocycles. The van der Waals surface area contributed by atoms with Crippen LogP contribution in [0, 0.1) is 5.82 Å². The molecule has 2 amide bonds. The third kappa shape index (κ3) is 6.52. The Morgan fingerprint density at radius 1 is 1.16 bits per heavy atom. The molecule has 0 aliphatic heterocycles. The van der Waals surface area contributed by atoms with Crippen molar-refractivity contribution in [2.45, 2.75) is 6.42 Å². The van der Waals surface area contributed by atoms with Crippen LogP contribution in [0.5, 0.6) is 0 Å².